The summed E-state index contributed by atoms with van der Waals surface area (Å²) in [7, 11) is 2.04. The lowest BCUT2D eigenvalue weighted by atomic mass is 10.3. The molecule has 2 aromatic rings. The number of thiazole rings is 1. The van der Waals surface area contributed by atoms with Crippen LogP contribution in [-0.2, 0) is 4.79 Å². The third kappa shape index (κ3) is 4.95. The number of rotatable bonds is 7. The second-order valence-electron chi connectivity index (χ2n) is 5.09. The van der Waals surface area contributed by atoms with Crippen LogP contribution in [0.25, 0.3) is 10.2 Å². The molecular formula is C15H20ClN3OS. The molecule has 1 aromatic carbocycles. The zero-order chi connectivity index (χ0) is 15.2. The standard InChI is InChI=1S/C15H20ClN3OS/c1-3-4-8-19(2)9-7-14(20)18-15-17-12-6-5-11(16)10-13(12)21-15/h5-6,10H,3-4,7-9H2,1-2H3,(H,17,18,20). The van der Waals surface area contributed by atoms with E-state index in [2.05, 4.69) is 22.1 Å². The number of anilines is 1. The first-order valence-electron chi connectivity index (χ1n) is 7.13. The van der Waals surface area contributed by atoms with Crippen LogP contribution in [0.2, 0.25) is 5.02 Å². The highest BCUT2D eigenvalue weighted by molar-refractivity contribution is 7.22. The van der Waals surface area contributed by atoms with Gasteiger partial charge in [0.2, 0.25) is 5.91 Å². The van der Waals surface area contributed by atoms with E-state index in [0.29, 0.717) is 16.6 Å². The topological polar surface area (TPSA) is 45.2 Å². The van der Waals surface area contributed by atoms with Crippen molar-refractivity contribution in [3.63, 3.8) is 0 Å². The first-order valence-corrected chi connectivity index (χ1v) is 8.32. The molecule has 0 bridgehead atoms. The fourth-order valence-electron chi connectivity index (χ4n) is 1.97. The number of halogens is 1. The Labute approximate surface area is 134 Å². The minimum absolute atomic E-state index is 0.00324. The second kappa shape index (κ2) is 7.73. The van der Waals surface area contributed by atoms with Crippen LogP contribution >= 0.6 is 22.9 Å². The number of unbranched alkanes of at least 4 members (excludes halogenated alkanes) is 1. The lowest BCUT2D eigenvalue weighted by molar-refractivity contribution is -0.116. The molecular weight excluding hydrogens is 306 g/mol. The van der Waals surface area contributed by atoms with Gasteiger partial charge in [-0.3, -0.25) is 4.79 Å². The lowest BCUT2D eigenvalue weighted by Gasteiger charge is -2.15. The Morgan fingerprint density at radius 1 is 1.43 bits per heavy atom. The normalized spacial score (nSPS) is 11.2. The molecule has 0 saturated heterocycles. The summed E-state index contributed by atoms with van der Waals surface area (Å²) >= 11 is 7.39. The molecule has 0 aliphatic heterocycles. The Bertz CT molecular complexity index is 614. The summed E-state index contributed by atoms with van der Waals surface area (Å²) in [5, 5.41) is 4.18. The van der Waals surface area contributed by atoms with Crippen molar-refractivity contribution in [3.8, 4) is 0 Å². The maximum atomic E-state index is 11.9. The molecule has 0 unspecified atom stereocenters. The molecule has 0 aliphatic carbocycles. The fraction of sp³-hybridized carbons (Fsp3) is 0.467. The summed E-state index contributed by atoms with van der Waals surface area (Å²) in [4.78, 5) is 18.5. The third-order valence-electron chi connectivity index (χ3n) is 3.21. The molecule has 6 heteroatoms. The summed E-state index contributed by atoms with van der Waals surface area (Å²) in [6.07, 6.45) is 2.82. The molecule has 2 rings (SSSR count). The number of aromatic nitrogens is 1. The monoisotopic (exact) mass is 325 g/mol. The predicted octanol–water partition coefficient (Wildman–Crippen LogP) is 4.01. The molecule has 21 heavy (non-hydrogen) atoms. The van der Waals surface area contributed by atoms with Crippen LogP contribution in [0, 0.1) is 0 Å². The first kappa shape index (κ1) is 16.2. The quantitative estimate of drug-likeness (QED) is 0.836. The molecule has 0 fully saturated rings. The summed E-state index contributed by atoms with van der Waals surface area (Å²) in [6, 6.07) is 5.53. The fourth-order valence-corrected chi connectivity index (χ4v) is 3.12. The van der Waals surface area contributed by atoms with Crippen molar-refractivity contribution in [3.05, 3.63) is 23.2 Å². The number of fused-ring (bicyclic) bond motifs is 1. The SMILES string of the molecule is CCCCN(C)CCC(=O)Nc1nc2ccc(Cl)cc2s1. The zero-order valence-electron chi connectivity index (χ0n) is 12.4. The highest BCUT2D eigenvalue weighted by atomic mass is 35.5. The highest BCUT2D eigenvalue weighted by Crippen LogP contribution is 2.28. The van der Waals surface area contributed by atoms with Gasteiger partial charge in [0.1, 0.15) is 0 Å². The van der Waals surface area contributed by atoms with E-state index in [-0.39, 0.29) is 5.91 Å². The Morgan fingerprint density at radius 3 is 3.00 bits per heavy atom. The third-order valence-corrected chi connectivity index (χ3v) is 4.38. The van der Waals surface area contributed by atoms with E-state index in [9.17, 15) is 4.79 Å². The molecule has 114 valence electrons. The molecule has 1 aromatic heterocycles. The smallest absolute Gasteiger partial charge is 0.227 e. The summed E-state index contributed by atoms with van der Waals surface area (Å²) in [5.41, 5.74) is 0.861. The number of amides is 1. The molecule has 0 aliphatic rings. The van der Waals surface area contributed by atoms with Crippen molar-refractivity contribution in [1.29, 1.82) is 0 Å². The first-order chi connectivity index (χ1) is 10.1. The van der Waals surface area contributed by atoms with Crippen molar-refractivity contribution in [2.45, 2.75) is 26.2 Å². The van der Waals surface area contributed by atoms with Crippen LogP contribution in [0.3, 0.4) is 0 Å². The van der Waals surface area contributed by atoms with E-state index in [4.69, 9.17) is 11.6 Å². The largest absolute Gasteiger partial charge is 0.306 e. The average molecular weight is 326 g/mol. The van der Waals surface area contributed by atoms with E-state index in [1.54, 1.807) is 6.07 Å². The van der Waals surface area contributed by atoms with Gasteiger partial charge in [-0.05, 0) is 38.2 Å². The minimum Gasteiger partial charge on any atom is -0.306 e. The summed E-state index contributed by atoms with van der Waals surface area (Å²) in [6.45, 7) is 3.96. The van der Waals surface area contributed by atoms with Crippen LogP contribution in [0.4, 0.5) is 5.13 Å². The van der Waals surface area contributed by atoms with Crippen molar-refractivity contribution in [2.24, 2.45) is 0 Å². The van der Waals surface area contributed by atoms with Gasteiger partial charge in [-0.15, -0.1) is 0 Å². The number of carbonyl (C=O) groups is 1. The van der Waals surface area contributed by atoms with Gasteiger partial charge < -0.3 is 10.2 Å². The number of nitrogens with one attached hydrogen (secondary N) is 1. The molecule has 1 N–H and O–H groups in total. The van der Waals surface area contributed by atoms with Gasteiger partial charge >= 0.3 is 0 Å². The molecule has 1 amide bonds. The number of hydrogen-bond donors (Lipinski definition) is 1. The van der Waals surface area contributed by atoms with Crippen LogP contribution in [-0.4, -0.2) is 35.9 Å². The van der Waals surface area contributed by atoms with E-state index in [1.165, 1.54) is 17.8 Å². The van der Waals surface area contributed by atoms with E-state index in [1.807, 2.05) is 19.2 Å². The Morgan fingerprint density at radius 2 is 2.24 bits per heavy atom. The number of nitrogens with zero attached hydrogens (tertiary/aromatic N) is 2. The van der Waals surface area contributed by atoms with Crippen LogP contribution in [0.5, 0.6) is 0 Å². The Kier molecular flexibility index (Phi) is 5.96. The molecule has 0 spiro atoms. The summed E-state index contributed by atoms with van der Waals surface area (Å²) in [5.74, 6) is 0.00324. The average Bonchev–Trinajstić information content (AvgIpc) is 2.84. The van der Waals surface area contributed by atoms with Gasteiger partial charge in [0.15, 0.2) is 5.13 Å². The van der Waals surface area contributed by atoms with Gasteiger partial charge in [-0.1, -0.05) is 36.3 Å². The highest BCUT2D eigenvalue weighted by Gasteiger charge is 2.09. The molecule has 0 saturated carbocycles. The predicted molar refractivity (Wildman–Crippen MR) is 90.3 cm³/mol. The Balaban J connectivity index is 1.86. The zero-order valence-corrected chi connectivity index (χ0v) is 13.9. The summed E-state index contributed by atoms with van der Waals surface area (Å²) < 4.78 is 0.984. The van der Waals surface area contributed by atoms with E-state index in [0.717, 1.165) is 29.7 Å². The maximum absolute atomic E-state index is 11.9. The number of hydrogen-bond acceptors (Lipinski definition) is 4. The Hall–Kier alpha value is -1.17. The molecule has 4 nitrogen and oxygen atoms in total. The maximum Gasteiger partial charge on any atom is 0.227 e. The van der Waals surface area contributed by atoms with Gasteiger partial charge in [-0.2, -0.15) is 0 Å². The van der Waals surface area contributed by atoms with E-state index >= 15 is 0 Å². The molecule has 0 atom stereocenters. The van der Waals surface area contributed by atoms with Crippen molar-refractivity contribution < 1.29 is 4.79 Å². The minimum atomic E-state index is 0.00324. The lowest BCUT2D eigenvalue weighted by Crippen LogP contribution is -2.25. The van der Waals surface area contributed by atoms with Gasteiger partial charge in [0, 0.05) is 18.0 Å². The number of carbonyl (C=O) groups excluding carboxylic acids is 1. The molecule has 1 heterocycles. The van der Waals surface area contributed by atoms with Gasteiger partial charge in [-0.25, -0.2) is 4.98 Å². The van der Waals surface area contributed by atoms with Crippen LogP contribution in [0.1, 0.15) is 26.2 Å². The van der Waals surface area contributed by atoms with Crippen LogP contribution < -0.4 is 5.32 Å². The second-order valence-corrected chi connectivity index (χ2v) is 6.55. The van der Waals surface area contributed by atoms with E-state index < -0.39 is 0 Å². The molecule has 0 radical (unpaired) electrons. The van der Waals surface area contributed by atoms with Crippen LogP contribution in [0.15, 0.2) is 18.2 Å². The van der Waals surface area contributed by atoms with Crippen molar-refractivity contribution in [1.82, 2.24) is 9.88 Å². The van der Waals surface area contributed by atoms with Crippen molar-refractivity contribution in [2.75, 3.05) is 25.5 Å². The van der Waals surface area contributed by atoms with Crippen molar-refractivity contribution >= 4 is 44.2 Å². The number of benzene rings is 1. The van der Waals surface area contributed by atoms with Gasteiger partial charge in [0.25, 0.3) is 0 Å². The van der Waals surface area contributed by atoms with Gasteiger partial charge in [0.05, 0.1) is 10.2 Å².